The Kier molecular flexibility index (Phi) is 4.07. The molecule has 5 nitrogen and oxygen atoms in total. The molecule has 0 radical (unpaired) electrons. The third kappa shape index (κ3) is 2.59. The predicted octanol–water partition coefficient (Wildman–Crippen LogP) is 1.88. The monoisotopic (exact) mass is 315 g/mol. The van der Waals surface area contributed by atoms with Crippen LogP contribution < -0.4 is 0 Å². The first-order valence-electron chi connectivity index (χ1n) is 6.19. The van der Waals surface area contributed by atoms with E-state index in [0.29, 0.717) is 6.54 Å². The van der Waals surface area contributed by atoms with Crippen molar-refractivity contribution >= 4 is 21.9 Å². The van der Waals surface area contributed by atoms with Gasteiger partial charge in [-0.2, -0.15) is 5.10 Å². The van der Waals surface area contributed by atoms with Crippen LogP contribution in [0.4, 0.5) is 0 Å². The van der Waals surface area contributed by atoms with E-state index >= 15 is 0 Å². The zero-order valence-electron chi connectivity index (χ0n) is 10.7. The van der Waals surface area contributed by atoms with E-state index in [0.717, 1.165) is 41.9 Å². The predicted molar refractivity (Wildman–Crippen MR) is 71.4 cm³/mol. The molecule has 2 rings (SSSR count). The second-order valence-electron chi connectivity index (χ2n) is 4.72. The highest BCUT2D eigenvalue weighted by atomic mass is 79.9. The molecule has 18 heavy (non-hydrogen) atoms. The molecule has 0 bridgehead atoms. The summed E-state index contributed by atoms with van der Waals surface area (Å²) in [7, 11) is 0. The van der Waals surface area contributed by atoms with Crippen LogP contribution >= 0.6 is 15.9 Å². The Balaban J connectivity index is 2.09. The number of carboxylic acid groups (broad SMARTS) is 1. The quantitative estimate of drug-likeness (QED) is 0.921. The lowest BCUT2D eigenvalue weighted by molar-refractivity contribution is -0.141. The van der Waals surface area contributed by atoms with Crippen LogP contribution in [-0.4, -0.2) is 38.8 Å². The summed E-state index contributed by atoms with van der Waals surface area (Å²) in [5, 5.41) is 13.5. The summed E-state index contributed by atoms with van der Waals surface area (Å²) in [5.74, 6) is -0.903. The summed E-state index contributed by atoms with van der Waals surface area (Å²) in [4.78, 5) is 13.1. The van der Waals surface area contributed by atoms with Crippen LogP contribution in [0.3, 0.4) is 0 Å². The van der Waals surface area contributed by atoms with E-state index < -0.39 is 5.97 Å². The molecule has 1 N–H and O–H groups in total. The van der Waals surface area contributed by atoms with Crippen molar-refractivity contribution in [3.05, 3.63) is 15.9 Å². The second kappa shape index (κ2) is 5.40. The fourth-order valence-corrected chi connectivity index (χ4v) is 2.82. The summed E-state index contributed by atoms with van der Waals surface area (Å²) in [6.45, 7) is 7.11. The maximum absolute atomic E-state index is 10.9. The number of carboxylic acids is 1. The van der Waals surface area contributed by atoms with Crippen LogP contribution in [0.1, 0.15) is 24.7 Å². The minimum absolute atomic E-state index is 0.220. The second-order valence-corrected chi connectivity index (χ2v) is 5.51. The first-order chi connectivity index (χ1) is 8.52. The number of hydrogen-bond acceptors (Lipinski definition) is 3. The first-order valence-corrected chi connectivity index (χ1v) is 6.99. The molecule has 1 fully saturated rings. The molecule has 1 aromatic heterocycles. The number of nitrogens with zero attached hydrogens (tertiary/aromatic N) is 3. The van der Waals surface area contributed by atoms with Gasteiger partial charge < -0.3 is 5.11 Å². The summed E-state index contributed by atoms with van der Waals surface area (Å²) in [5.41, 5.74) is 2.13. The molecular weight excluding hydrogens is 298 g/mol. The van der Waals surface area contributed by atoms with Crippen molar-refractivity contribution in [1.82, 2.24) is 14.7 Å². The van der Waals surface area contributed by atoms with Crippen molar-refractivity contribution in [3.8, 4) is 0 Å². The van der Waals surface area contributed by atoms with Gasteiger partial charge in [0, 0.05) is 19.6 Å². The highest BCUT2D eigenvalue weighted by Crippen LogP contribution is 2.25. The third-order valence-electron chi connectivity index (χ3n) is 3.45. The molecule has 1 unspecified atom stereocenters. The lowest BCUT2D eigenvalue weighted by Gasteiger charge is -2.16. The molecule has 1 atom stereocenters. The summed E-state index contributed by atoms with van der Waals surface area (Å²) >= 11 is 3.57. The van der Waals surface area contributed by atoms with Crippen molar-refractivity contribution in [2.75, 3.05) is 13.1 Å². The molecule has 0 amide bonds. The van der Waals surface area contributed by atoms with Crippen molar-refractivity contribution in [1.29, 1.82) is 0 Å². The van der Waals surface area contributed by atoms with Crippen LogP contribution in [0.2, 0.25) is 0 Å². The number of aromatic nitrogens is 2. The van der Waals surface area contributed by atoms with Gasteiger partial charge in [0.1, 0.15) is 0 Å². The van der Waals surface area contributed by atoms with Gasteiger partial charge in [0.15, 0.2) is 0 Å². The number of aliphatic carboxylic acids is 1. The number of carbonyl (C=O) groups is 1. The van der Waals surface area contributed by atoms with Gasteiger partial charge in [-0.15, -0.1) is 0 Å². The van der Waals surface area contributed by atoms with Gasteiger partial charge in [-0.1, -0.05) is 0 Å². The third-order valence-corrected chi connectivity index (χ3v) is 4.48. The maximum Gasteiger partial charge on any atom is 0.307 e. The van der Waals surface area contributed by atoms with E-state index in [1.165, 1.54) is 0 Å². The zero-order chi connectivity index (χ0) is 13.3. The van der Waals surface area contributed by atoms with Gasteiger partial charge in [-0.05, 0) is 42.7 Å². The molecule has 0 saturated carbocycles. The smallest absolute Gasteiger partial charge is 0.307 e. The van der Waals surface area contributed by atoms with Crippen LogP contribution in [0.5, 0.6) is 0 Å². The van der Waals surface area contributed by atoms with Gasteiger partial charge in [-0.3, -0.25) is 14.4 Å². The fourth-order valence-electron chi connectivity index (χ4n) is 2.41. The Bertz CT molecular complexity index is 458. The number of likely N-dealkylation sites (tertiary alicyclic amines) is 1. The van der Waals surface area contributed by atoms with E-state index in [-0.39, 0.29) is 5.92 Å². The van der Waals surface area contributed by atoms with Crippen LogP contribution in [-0.2, 0) is 17.9 Å². The average molecular weight is 316 g/mol. The number of rotatable bonds is 4. The van der Waals surface area contributed by atoms with Gasteiger partial charge in [-0.25, -0.2) is 0 Å². The fraction of sp³-hybridized carbons (Fsp3) is 0.667. The van der Waals surface area contributed by atoms with Crippen LogP contribution in [0, 0.1) is 12.8 Å². The summed E-state index contributed by atoms with van der Waals surface area (Å²) in [6.07, 6.45) is 0.742. The number of hydrogen-bond donors (Lipinski definition) is 1. The average Bonchev–Trinajstić information content (AvgIpc) is 2.89. The normalized spacial score (nSPS) is 20.5. The van der Waals surface area contributed by atoms with Gasteiger partial charge in [0.05, 0.1) is 21.8 Å². The van der Waals surface area contributed by atoms with E-state index in [1.54, 1.807) is 0 Å². The Hall–Kier alpha value is -0.880. The van der Waals surface area contributed by atoms with Crippen molar-refractivity contribution in [2.24, 2.45) is 5.92 Å². The van der Waals surface area contributed by atoms with E-state index in [4.69, 9.17) is 5.11 Å². The van der Waals surface area contributed by atoms with Crippen molar-refractivity contribution in [2.45, 2.75) is 33.4 Å². The van der Waals surface area contributed by atoms with Gasteiger partial charge in [0.25, 0.3) is 0 Å². The standard InChI is InChI=1S/C12H18BrN3O2/c1-3-16-10(11(13)8(2)14-16)7-15-5-4-9(6-15)12(17)18/h9H,3-7H2,1-2H3,(H,17,18). The highest BCUT2D eigenvalue weighted by Gasteiger charge is 2.29. The zero-order valence-corrected chi connectivity index (χ0v) is 12.3. The first kappa shape index (κ1) is 13.5. The Morgan fingerprint density at radius 3 is 2.89 bits per heavy atom. The Morgan fingerprint density at radius 2 is 2.33 bits per heavy atom. The molecule has 0 spiro atoms. The minimum atomic E-state index is -0.684. The molecule has 1 saturated heterocycles. The molecule has 6 heteroatoms. The van der Waals surface area contributed by atoms with E-state index in [9.17, 15) is 4.79 Å². The Morgan fingerprint density at radius 1 is 1.61 bits per heavy atom. The molecule has 100 valence electrons. The van der Waals surface area contributed by atoms with Gasteiger partial charge in [0.2, 0.25) is 0 Å². The van der Waals surface area contributed by atoms with E-state index in [2.05, 4.69) is 32.9 Å². The largest absolute Gasteiger partial charge is 0.481 e. The lowest BCUT2D eigenvalue weighted by atomic mass is 10.1. The molecule has 1 aliphatic heterocycles. The number of halogens is 1. The molecule has 1 aromatic rings. The molecule has 1 aliphatic rings. The molecule has 0 aliphatic carbocycles. The summed E-state index contributed by atoms with van der Waals surface area (Å²) < 4.78 is 3.02. The molecular formula is C12H18BrN3O2. The lowest BCUT2D eigenvalue weighted by Crippen LogP contribution is -2.24. The van der Waals surface area contributed by atoms with Crippen LogP contribution in [0.25, 0.3) is 0 Å². The maximum atomic E-state index is 10.9. The molecule has 2 heterocycles. The SMILES string of the molecule is CCn1nc(C)c(Br)c1CN1CCC(C(=O)O)C1. The molecule has 0 aromatic carbocycles. The van der Waals surface area contributed by atoms with E-state index in [1.807, 2.05) is 11.6 Å². The van der Waals surface area contributed by atoms with Gasteiger partial charge >= 0.3 is 5.97 Å². The number of aryl methyl sites for hydroxylation is 2. The van der Waals surface area contributed by atoms with Crippen molar-refractivity contribution in [3.63, 3.8) is 0 Å². The minimum Gasteiger partial charge on any atom is -0.481 e. The van der Waals surface area contributed by atoms with Crippen LogP contribution in [0.15, 0.2) is 4.47 Å². The Labute approximate surface area is 115 Å². The topological polar surface area (TPSA) is 58.4 Å². The summed E-state index contributed by atoms with van der Waals surface area (Å²) in [6, 6.07) is 0. The highest BCUT2D eigenvalue weighted by molar-refractivity contribution is 9.10. The van der Waals surface area contributed by atoms with Crippen molar-refractivity contribution < 1.29 is 9.90 Å².